The number of rotatable bonds is 5. The molecule has 1 aliphatic rings. The predicted molar refractivity (Wildman–Crippen MR) is 89.3 cm³/mol. The zero-order valence-electron chi connectivity index (χ0n) is 13.8. The Labute approximate surface area is 132 Å². The van der Waals surface area contributed by atoms with Gasteiger partial charge in [0, 0.05) is 6.54 Å². The first-order valence-electron chi connectivity index (χ1n) is 8.22. The van der Waals surface area contributed by atoms with Gasteiger partial charge in [-0.25, -0.2) is 9.78 Å². The van der Waals surface area contributed by atoms with Gasteiger partial charge in [0.2, 0.25) is 0 Å². The lowest BCUT2D eigenvalue weighted by atomic mass is 9.89. The van der Waals surface area contributed by atoms with E-state index in [0.717, 1.165) is 23.8 Å². The second-order valence-electron chi connectivity index (χ2n) is 6.35. The highest BCUT2D eigenvalue weighted by Crippen LogP contribution is 2.24. The highest BCUT2D eigenvalue weighted by atomic mass is 16.6. The van der Waals surface area contributed by atoms with Gasteiger partial charge in [0.25, 0.3) is 0 Å². The molecule has 1 aromatic rings. The van der Waals surface area contributed by atoms with Crippen LogP contribution in [-0.2, 0) is 4.74 Å². The van der Waals surface area contributed by atoms with Crippen LogP contribution in [0, 0.1) is 12.8 Å². The van der Waals surface area contributed by atoms with Crippen molar-refractivity contribution in [1.29, 1.82) is 0 Å². The van der Waals surface area contributed by atoms with Crippen molar-refractivity contribution in [1.82, 2.24) is 4.98 Å². The Kier molecular flexibility index (Phi) is 6.04. The number of anilines is 2. The topological polar surface area (TPSA) is 63.2 Å². The number of ether oxygens (including phenoxy) is 1. The summed E-state index contributed by atoms with van der Waals surface area (Å²) in [6.07, 6.45) is 7.78. The average molecular weight is 305 g/mol. The molecule has 5 nitrogen and oxygen atoms in total. The monoisotopic (exact) mass is 305 g/mol. The number of aromatic nitrogens is 1. The average Bonchev–Trinajstić information content (AvgIpc) is 2.46. The third-order valence-corrected chi connectivity index (χ3v) is 3.95. The molecule has 1 amide bonds. The number of nitrogens with zero attached hydrogens (tertiary/aromatic N) is 1. The summed E-state index contributed by atoms with van der Waals surface area (Å²) >= 11 is 0. The molecule has 1 fully saturated rings. The summed E-state index contributed by atoms with van der Waals surface area (Å²) in [5.41, 5.74) is 1.68. The van der Waals surface area contributed by atoms with E-state index in [0.29, 0.717) is 5.69 Å². The quantitative estimate of drug-likeness (QED) is 0.849. The Morgan fingerprint density at radius 1 is 1.36 bits per heavy atom. The zero-order valence-corrected chi connectivity index (χ0v) is 13.8. The maximum absolute atomic E-state index is 11.6. The van der Waals surface area contributed by atoms with E-state index >= 15 is 0 Å². The molecule has 1 heterocycles. The maximum atomic E-state index is 11.6. The molecule has 22 heavy (non-hydrogen) atoms. The van der Waals surface area contributed by atoms with E-state index in [-0.39, 0.29) is 6.10 Å². The number of hydrogen-bond donors (Lipinski definition) is 2. The van der Waals surface area contributed by atoms with Crippen molar-refractivity contribution >= 4 is 17.6 Å². The van der Waals surface area contributed by atoms with Crippen LogP contribution in [0.15, 0.2) is 12.3 Å². The van der Waals surface area contributed by atoms with Crippen molar-refractivity contribution < 1.29 is 9.53 Å². The minimum atomic E-state index is -0.445. The molecule has 1 aliphatic carbocycles. The lowest BCUT2D eigenvalue weighted by Gasteiger charge is -2.22. The summed E-state index contributed by atoms with van der Waals surface area (Å²) in [5.74, 6) is 1.65. The van der Waals surface area contributed by atoms with E-state index in [2.05, 4.69) is 15.6 Å². The molecule has 0 spiro atoms. The molecule has 0 aromatic carbocycles. The second kappa shape index (κ2) is 8.01. The Balaban J connectivity index is 1.87. The third-order valence-electron chi connectivity index (χ3n) is 3.95. The number of pyridine rings is 1. The minimum absolute atomic E-state index is 0.134. The van der Waals surface area contributed by atoms with Gasteiger partial charge in [0.05, 0.1) is 18.0 Å². The predicted octanol–water partition coefficient (Wildman–Crippen LogP) is 4.34. The van der Waals surface area contributed by atoms with Crippen molar-refractivity contribution in [2.24, 2.45) is 5.92 Å². The molecular formula is C17H27N3O2. The van der Waals surface area contributed by atoms with Gasteiger partial charge in [-0.2, -0.15) is 0 Å². The summed E-state index contributed by atoms with van der Waals surface area (Å²) in [7, 11) is 0. The fraction of sp³-hybridized carbons (Fsp3) is 0.647. The van der Waals surface area contributed by atoms with Crippen LogP contribution in [0.3, 0.4) is 0 Å². The van der Waals surface area contributed by atoms with Crippen LogP contribution in [0.4, 0.5) is 16.3 Å². The summed E-state index contributed by atoms with van der Waals surface area (Å²) in [5, 5.41) is 6.14. The first-order chi connectivity index (χ1) is 10.5. The fourth-order valence-electron chi connectivity index (χ4n) is 2.82. The molecule has 0 bridgehead atoms. The van der Waals surface area contributed by atoms with Gasteiger partial charge < -0.3 is 10.1 Å². The number of aryl methyl sites for hydroxylation is 1. The number of carbonyl (C=O) groups is 1. The van der Waals surface area contributed by atoms with Crippen LogP contribution in [0.1, 0.15) is 51.5 Å². The van der Waals surface area contributed by atoms with Crippen LogP contribution in [-0.4, -0.2) is 23.7 Å². The van der Waals surface area contributed by atoms with Crippen molar-refractivity contribution in [3.8, 4) is 0 Å². The van der Waals surface area contributed by atoms with Gasteiger partial charge >= 0.3 is 6.09 Å². The summed E-state index contributed by atoms with van der Waals surface area (Å²) in [6.45, 7) is 6.62. The molecule has 0 radical (unpaired) electrons. The summed E-state index contributed by atoms with van der Waals surface area (Å²) in [6, 6.07) is 1.91. The van der Waals surface area contributed by atoms with Gasteiger partial charge in [0.15, 0.2) is 0 Å². The number of hydrogen-bond acceptors (Lipinski definition) is 4. The van der Waals surface area contributed by atoms with E-state index in [9.17, 15) is 4.79 Å². The lowest BCUT2D eigenvalue weighted by Crippen LogP contribution is -2.19. The maximum Gasteiger partial charge on any atom is 0.411 e. The third kappa shape index (κ3) is 5.20. The van der Waals surface area contributed by atoms with Crippen molar-refractivity contribution in [3.05, 3.63) is 17.8 Å². The van der Waals surface area contributed by atoms with Gasteiger partial charge in [-0.1, -0.05) is 19.3 Å². The van der Waals surface area contributed by atoms with E-state index < -0.39 is 6.09 Å². The smallest absolute Gasteiger partial charge is 0.411 e. The van der Waals surface area contributed by atoms with Crippen LogP contribution >= 0.6 is 0 Å². The van der Waals surface area contributed by atoms with Gasteiger partial charge in [-0.3, -0.25) is 5.32 Å². The number of carbonyl (C=O) groups excluding carboxylic acids is 1. The molecule has 5 heteroatoms. The van der Waals surface area contributed by atoms with Crippen molar-refractivity contribution in [2.75, 3.05) is 17.2 Å². The fourth-order valence-corrected chi connectivity index (χ4v) is 2.82. The molecule has 0 unspecified atom stereocenters. The van der Waals surface area contributed by atoms with E-state index in [1.54, 1.807) is 6.20 Å². The molecule has 0 atom stereocenters. The first-order valence-corrected chi connectivity index (χ1v) is 8.22. The molecule has 0 saturated heterocycles. The normalized spacial score (nSPS) is 15.6. The van der Waals surface area contributed by atoms with Gasteiger partial charge in [0.1, 0.15) is 5.82 Å². The van der Waals surface area contributed by atoms with E-state index in [1.807, 2.05) is 26.8 Å². The summed E-state index contributed by atoms with van der Waals surface area (Å²) in [4.78, 5) is 16.0. The van der Waals surface area contributed by atoms with Crippen LogP contribution in [0.25, 0.3) is 0 Å². The van der Waals surface area contributed by atoms with Crippen molar-refractivity contribution in [3.63, 3.8) is 0 Å². The number of nitrogens with one attached hydrogen (secondary N) is 2. The van der Waals surface area contributed by atoms with Gasteiger partial charge in [-0.05, 0) is 51.2 Å². The standard InChI is InChI=1S/C17H27N3O2/c1-12(2)22-17(21)20-15-9-13(3)16(19-11-15)18-10-14-7-5-4-6-8-14/h9,11-12,14H,4-8,10H2,1-3H3,(H,18,19)(H,20,21). The Hall–Kier alpha value is -1.78. The highest BCUT2D eigenvalue weighted by molar-refractivity contribution is 5.84. The van der Waals surface area contributed by atoms with Crippen molar-refractivity contribution in [2.45, 2.75) is 59.0 Å². The molecule has 1 saturated carbocycles. The minimum Gasteiger partial charge on any atom is -0.447 e. The number of amides is 1. The molecule has 2 N–H and O–H groups in total. The largest absolute Gasteiger partial charge is 0.447 e. The SMILES string of the molecule is Cc1cc(NC(=O)OC(C)C)cnc1NCC1CCCCC1. The molecular weight excluding hydrogens is 278 g/mol. The second-order valence-corrected chi connectivity index (χ2v) is 6.35. The Morgan fingerprint density at radius 2 is 2.09 bits per heavy atom. The first kappa shape index (κ1) is 16.6. The molecule has 1 aromatic heterocycles. The summed E-state index contributed by atoms with van der Waals surface area (Å²) < 4.78 is 5.06. The van der Waals surface area contributed by atoms with E-state index in [4.69, 9.17) is 4.74 Å². The lowest BCUT2D eigenvalue weighted by molar-refractivity contribution is 0.130. The van der Waals surface area contributed by atoms with Crippen LogP contribution in [0.2, 0.25) is 0 Å². The van der Waals surface area contributed by atoms with Gasteiger partial charge in [-0.15, -0.1) is 0 Å². The van der Waals surface area contributed by atoms with Crippen LogP contribution < -0.4 is 10.6 Å². The highest BCUT2D eigenvalue weighted by Gasteiger charge is 2.14. The molecule has 2 rings (SSSR count). The molecule has 0 aliphatic heterocycles. The molecule has 122 valence electrons. The zero-order chi connectivity index (χ0) is 15.9. The van der Waals surface area contributed by atoms with E-state index in [1.165, 1.54) is 32.1 Å². The Bertz CT molecular complexity index is 497. The van der Waals surface area contributed by atoms with Crippen LogP contribution in [0.5, 0.6) is 0 Å². The Morgan fingerprint density at radius 3 is 2.73 bits per heavy atom.